The zero-order valence-corrected chi connectivity index (χ0v) is 4.63. The third-order valence-electron chi connectivity index (χ3n) is 0.930. The van der Waals surface area contributed by atoms with Crippen LogP contribution in [0.1, 0.15) is 5.82 Å². The fraction of sp³-hybridized carbons (Fsp3) is 0.500. The largest absolute Gasteiger partial charge is 0.324 e. The van der Waals surface area contributed by atoms with Crippen LogP contribution >= 0.6 is 0 Å². The van der Waals surface area contributed by atoms with Gasteiger partial charge in [-0.05, 0) is 0 Å². The molecule has 0 atom stereocenters. The van der Waals surface area contributed by atoms with Crippen LogP contribution in [-0.4, -0.2) is 14.8 Å². The lowest BCUT2D eigenvalue weighted by Gasteiger charge is -1.89. The van der Waals surface area contributed by atoms with Gasteiger partial charge in [0, 0.05) is 7.05 Å². The molecule has 8 heavy (non-hydrogen) atoms. The van der Waals surface area contributed by atoms with Gasteiger partial charge < -0.3 is 10.3 Å². The second-order valence-electron chi connectivity index (χ2n) is 1.48. The van der Waals surface area contributed by atoms with Crippen LogP contribution in [0.15, 0.2) is 0 Å². The van der Waals surface area contributed by atoms with Gasteiger partial charge >= 0.3 is 0 Å². The average Bonchev–Trinajstić information content (AvgIpc) is 2.14. The lowest BCUT2D eigenvalue weighted by atomic mass is 10.6. The summed E-state index contributed by atoms with van der Waals surface area (Å²) >= 11 is 0. The van der Waals surface area contributed by atoms with Crippen molar-refractivity contribution in [2.24, 2.45) is 12.8 Å². The lowest BCUT2D eigenvalue weighted by Crippen LogP contribution is -2.03. The molecule has 1 aromatic rings. The molecule has 0 bridgehead atoms. The molecule has 4 heteroatoms. The van der Waals surface area contributed by atoms with Crippen LogP contribution in [0.5, 0.6) is 0 Å². The second-order valence-corrected chi connectivity index (χ2v) is 1.48. The van der Waals surface area contributed by atoms with Crippen molar-refractivity contribution in [3.8, 4) is 0 Å². The number of nitrogens with two attached hydrogens (primary N) is 1. The van der Waals surface area contributed by atoms with Crippen molar-refractivity contribution in [3.05, 3.63) is 12.2 Å². The van der Waals surface area contributed by atoms with Crippen LogP contribution in [0.25, 0.3) is 0 Å². The zero-order chi connectivity index (χ0) is 5.98. The van der Waals surface area contributed by atoms with Gasteiger partial charge in [0.15, 0.2) is 0 Å². The Morgan fingerprint density at radius 1 is 1.88 bits per heavy atom. The maximum atomic E-state index is 5.25. The lowest BCUT2D eigenvalue weighted by molar-refractivity contribution is 0.789. The Balaban J connectivity index is 2.92. The van der Waals surface area contributed by atoms with Gasteiger partial charge in [0.1, 0.15) is 5.82 Å². The Bertz CT molecular complexity index is 168. The molecule has 2 N–H and O–H groups in total. The Morgan fingerprint density at radius 3 is 2.88 bits per heavy atom. The van der Waals surface area contributed by atoms with Gasteiger partial charge in [-0.3, -0.25) is 0 Å². The first-order valence-electron chi connectivity index (χ1n) is 2.30. The first kappa shape index (κ1) is 5.24. The predicted octanol–water partition coefficient (Wildman–Crippen LogP) is -0.926. The first-order valence-corrected chi connectivity index (χ1v) is 2.30. The van der Waals surface area contributed by atoms with E-state index in [2.05, 4.69) is 16.5 Å². The maximum Gasteiger partial charge on any atom is 0.201 e. The molecule has 0 amide bonds. The summed E-state index contributed by atoms with van der Waals surface area (Å²) in [5, 5.41) is 7.17. The standard InChI is InChI=1S/C4H7N4/c1-8-3-6-7-4(8)2-5/h2,5H2,1H3. The molecular formula is C4H7N4. The molecule has 0 aliphatic carbocycles. The summed E-state index contributed by atoms with van der Waals surface area (Å²) in [4.78, 5) is 0. The van der Waals surface area contributed by atoms with Crippen LogP contribution in [0.4, 0.5) is 0 Å². The minimum absolute atomic E-state index is 0.424. The van der Waals surface area contributed by atoms with Gasteiger partial charge in [0.05, 0.1) is 6.54 Å². The molecule has 0 saturated carbocycles. The van der Waals surface area contributed by atoms with E-state index in [1.54, 1.807) is 4.57 Å². The van der Waals surface area contributed by atoms with Crippen LogP contribution in [0.2, 0.25) is 0 Å². The van der Waals surface area contributed by atoms with Crippen LogP contribution in [-0.2, 0) is 13.6 Å². The van der Waals surface area contributed by atoms with E-state index in [1.165, 1.54) is 0 Å². The smallest absolute Gasteiger partial charge is 0.201 e. The average molecular weight is 111 g/mol. The van der Waals surface area contributed by atoms with E-state index in [1.807, 2.05) is 7.05 Å². The van der Waals surface area contributed by atoms with Crippen molar-refractivity contribution in [1.82, 2.24) is 14.8 Å². The van der Waals surface area contributed by atoms with Gasteiger partial charge in [-0.15, -0.1) is 10.2 Å². The highest BCUT2D eigenvalue weighted by Crippen LogP contribution is 1.84. The van der Waals surface area contributed by atoms with E-state index >= 15 is 0 Å². The van der Waals surface area contributed by atoms with Crippen LogP contribution < -0.4 is 5.73 Å². The van der Waals surface area contributed by atoms with Crippen molar-refractivity contribution < 1.29 is 0 Å². The topological polar surface area (TPSA) is 56.7 Å². The van der Waals surface area contributed by atoms with E-state index in [0.29, 0.717) is 6.54 Å². The Kier molecular flexibility index (Phi) is 1.26. The predicted molar refractivity (Wildman–Crippen MR) is 27.7 cm³/mol. The molecule has 0 fully saturated rings. The van der Waals surface area contributed by atoms with Crippen LogP contribution in [0, 0.1) is 6.33 Å². The highest BCUT2D eigenvalue weighted by molar-refractivity contribution is 4.79. The molecule has 0 aliphatic rings. The first-order chi connectivity index (χ1) is 3.84. The maximum absolute atomic E-state index is 5.25. The summed E-state index contributed by atoms with van der Waals surface area (Å²) in [7, 11) is 1.81. The Morgan fingerprint density at radius 2 is 2.62 bits per heavy atom. The molecule has 1 rings (SSSR count). The normalized spacial score (nSPS) is 9.75. The fourth-order valence-corrected chi connectivity index (χ4v) is 0.450. The molecule has 0 unspecified atom stereocenters. The Hall–Kier alpha value is -0.900. The van der Waals surface area contributed by atoms with E-state index < -0.39 is 0 Å². The third-order valence-corrected chi connectivity index (χ3v) is 0.930. The summed E-state index contributed by atoms with van der Waals surface area (Å²) in [6.07, 6.45) is 2.60. The number of hydrogen-bond acceptors (Lipinski definition) is 3. The highest BCUT2D eigenvalue weighted by Gasteiger charge is 1.93. The van der Waals surface area contributed by atoms with E-state index in [9.17, 15) is 0 Å². The number of aryl methyl sites for hydroxylation is 1. The third kappa shape index (κ3) is 0.696. The molecule has 0 spiro atoms. The van der Waals surface area contributed by atoms with Crippen molar-refractivity contribution in [3.63, 3.8) is 0 Å². The van der Waals surface area contributed by atoms with Crippen LogP contribution in [0.3, 0.4) is 0 Å². The van der Waals surface area contributed by atoms with Gasteiger partial charge in [-0.2, -0.15) is 0 Å². The molecule has 0 saturated heterocycles. The van der Waals surface area contributed by atoms with Crippen molar-refractivity contribution in [2.75, 3.05) is 0 Å². The molecule has 1 radical (unpaired) electrons. The van der Waals surface area contributed by atoms with E-state index in [0.717, 1.165) is 5.82 Å². The fourth-order valence-electron chi connectivity index (χ4n) is 0.450. The number of nitrogens with zero attached hydrogens (tertiary/aromatic N) is 3. The van der Waals surface area contributed by atoms with Gasteiger partial charge in [0.2, 0.25) is 6.33 Å². The summed E-state index contributed by atoms with van der Waals surface area (Å²) in [5.41, 5.74) is 5.25. The summed E-state index contributed by atoms with van der Waals surface area (Å²) in [6.45, 7) is 0.424. The molecule has 1 aromatic heterocycles. The quantitative estimate of drug-likeness (QED) is 0.509. The van der Waals surface area contributed by atoms with Gasteiger partial charge in [-0.1, -0.05) is 0 Å². The molecule has 1 heterocycles. The van der Waals surface area contributed by atoms with Gasteiger partial charge in [-0.25, -0.2) is 0 Å². The van der Waals surface area contributed by atoms with Crippen molar-refractivity contribution in [2.45, 2.75) is 6.54 Å². The molecule has 43 valence electrons. The molecular weight excluding hydrogens is 104 g/mol. The summed E-state index contributed by atoms with van der Waals surface area (Å²) < 4.78 is 1.67. The van der Waals surface area contributed by atoms with E-state index in [4.69, 9.17) is 5.73 Å². The monoisotopic (exact) mass is 111 g/mol. The number of aromatic nitrogens is 3. The van der Waals surface area contributed by atoms with E-state index in [-0.39, 0.29) is 0 Å². The highest BCUT2D eigenvalue weighted by atomic mass is 15.2. The number of hydrogen-bond donors (Lipinski definition) is 1. The summed E-state index contributed by atoms with van der Waals surface area (Å²) in [5.74, 6) is 0.755. The molecule has 0 aliphatic heterocycles. The SMILES string of the molecule is Cn1[c]nnc1CN. The molecule has 0 aromatic carbocycles. The minimum atomic E-state index is 0.424. The summed E-state index contributed by atoms with van der Waals surface area (Å²) in [6, 6.07) is 0. The second kappa shape index (κ2) is 1.92. The number of rotatable bonds is 1. The van der Waals surface area contributed by atoms with Crippen molar-refractivity contribution >= 4 is 0 Å². The van der Waals surface area contributed by atoms with Crippen molar-refractivity contribution in [1.29, 1.82) is 0 Å². The van der Waals surface area contributed by atoms with Gasteiger partial charge in [0.25, 0.3) is 0 Å². The zero-order valence-electron chi connectivity index (χ0n) is 4.63. The Labute approximate surface area is 47.3 Å². The minimum Gasteiger partial charge on any atom is -0.324 e. The molecule has 4 nitrogen and oxygen atoms in total.